The Bertz CT molecular complexity index is 141. The first kappa shape index (κ1) is 16.2. The van der Waals surface area contributed by atoms with Crippen molar-refractivity contribution in [3.8, 4) is 0 Å². The van der Waals surface area contributed by atoms with Gasteiger partial charge in [0.1, 0.15) is 0 Å². The fourth-order valence-electron chi connectivity index (χ4n) is 1.89. The molecule has 1 rings (SSSR count). The molecule has 0 aliphatic carbocycles. The smallest absolute Gasteiger partial charge is 0.0700 e. The molecule has 1 aliphatic rings. The standard InChI is InChI=1S/C12H25NO2.ClH/c1-2-7-14-9-10-15-8-5-12-4-3-6-13-11-12;/h12-13H,2-11H2,1H3;1H. The van der Waals surface area contributed by atoms with E-state index in [-0.39, 0.29) is 12.4 Å². The molecule has 98 valence electrons. The van der Waals surface area contributed by atoms with Crippen molar-refractivity contribution in [3.63, 3.8) is 0 Å². The molecule has 1 heterocycles. The summed E-state index contributed by atoms with van der Waals surface area (Å²) < 4.78 is 10.9. The molecule has 0 amide bonds. The van der Waals surface area contributed by atoms with Crippen molar-refractivity contribution in [2.75, 3.05) is 39.5 Å². The first-order valence-corrected chi connectivity index (χ1v) is 6.29. The molecule has 4 heteroatoms. The van der Waals surface area contributed by atoms with Crippen LogP contribution in [0.4, 0.5) is 0 Å². The van der Waals surface area contributed by atoms with Gasteiger partial charge in [0.2, 0.25) is 0 Å². The molecule has 1 atom stereocenters. The summed E-state index contributed by atoms with van der Waals surface area (Å²) >= 11 is 0. The van der Waals surface area contributed by atoms with Gasteiger partial charge >= 0.3 is 0 Å². The molecule has 0 aromatic rings. The molecular formula is C12H26ClNO2. The fourth-order valence-corrected chi connectivity index (χ4v) is 1.89. The van der Waals surface area contributed by atoms with Gasteiger partial charge in [-0.05, 0) is 44.7 Å². The Morgan fingerprint density at radius 1 is 1.12 bits per heavy atom. The Labute approximate surface area is 106 Å². The second kappa shape index (κ2) is 11.6. The third kappa shape index (κ3) is 8.34. The van der Waals surface area contributed by atoms with Crippen molar-refractivity contribution in [2.45, 2.75) is 32.6 Å². The van der Waals surface area contributed by atoms with Crippen LogP contribution in [0.3, 0.4) is 0 Å². The zero-order chi connectivity index (χ0) is 10.8. The predicted molar refractivity (Wildman–Crippen MR) is 69.4 cm³/mol. The van der Waals surface area contributed by atoms with Gasteiger partial charge in [0.05, 0.1) is 13.2 Å². The van der Waals surface area contributed by atoms with Crippen molar-refractivity contribution < 1.29 is 9.47 Å². The van der Waals surface area contributed by atoms with Crippen molar-refractivity contribution in [3.05, 3.63) is 0 Å². The highest BCUT2D eigenvalue weighted by Crippen LogP contribution is 2.13. The zero-order valence-electron chi connectivity index (χ0n) is 10.4. The second-order valence-electron chi connectivity index (χ2n) is 4.23. The maximum Gasteiger partial charge on any atom is 0.0700 e. The van der Waals surface area contributed by atoms with E-state index in [1.807, 2.05) is 0 Å². The molecule has 0 aromatic heterocycles. The summed E-state index contributed by atoms with van der Waals surface area (Å²) in [6, 6.07) is 0. The van der Waals surface area contributed by atoms with E-state index in [1.54, 1.807) is 0 Å². The predicted octanol–water partition coefficient (Wildman–Crippen LogP) is 2.24. The average molecular weight is 252 g/mol. The van der Waals surface area contributed by atoms with Gasteiger partial charge in [0.15, 0.2) is 0 Å². The lowest BCUT2D eigenvalue weighted by Gasteiger charge is -2.22. The normalized spacial score (nSPS) is 20.4. The number of nitrogens with one attached hydrogen (secondary N) is 1. The summed E-state index contributed by atoms with van der Waals surface area (Å²) in [5, 5.41) is 3.42. The number of rotatable bonds is 8. The van der Waals surface area contributed by atoms with Crippen LogP contribution >= 0.6 is 12.4 Å². The van der Waals surface area contributed by atoms with E-state index in [4.69, 9.17) is 9.47 Å². The minimum absolute atomic E-state index is 0. The van der Waals surface area contributed by atoms with Crippen LogP contribution in [0.15, 0.2) is 0 Å². The minimum atomic E-state index is 0. The van der Waals surface area contributed by atoms with Crippen LogP contribution in [0.2, 0.25) is 0 Å². The maximum absolute atomic E-state index is 5.53. The van der Waals surface area contributed by atoms with E-state index in [0.717, 1.165) is 38.8 Å². The summed E-state index contributed by atoms with van der Waals surface area (Å²) in [6.45, 7) is 7.74. The lowest BCUT2D eigenvalue weighted by molar-refractivity contribution is 0.0420. The average Bonchev–Trinajstić information content (AvgIpc) is 2.29. The van der Waals surface area contributed by atoms with Gasteiger partial charge in [-0.25, -0.2) is 0 Å². The van der Waals surface area contributed by atoms with Crippen LogP contribution < -0.4 is 5.32 Å². The van der Waals surface area contributed by atoms with Crippen LogP contribution in [0.1, 0.15) is 32.6 Å². The van der Waals surface area contributed by atoms with Gasteiger partial charge in [-0.15, -0.1) is 12.4 Å². The number of piperidine rings is 1. The lowest BCUT2D eigenvalue weighted by atomic mass is 9.97. The van der Waals surface area contributed by atoms with Crippen molar-refractivity contribution in [2.24, 2.45) is 5.92 Å². The monoisotopic (exact) mass is 251 g/mol. The van der Waals surface area contributed by atoms with Gasteiger partial charge in [-0.3, -0.25) is 0 Å². The second-order valence-corrected chi connectivity index (χ2v) is 4.23. The molecule has 0 spiro atoms. The molecule has 1 aliphatic heterocycles. The highest BCUT2D eigenvalue weighted by molar-refractivity contribution is 5.85. The van der Waals surface area contributed by atoms with Crippen LogP contribution in [0.5, 0.6) is 0 Å². The Kier molecular flexibility index (Phi) is 11.8. The Hall–Kier alpha value is 0.170. The summed E-state index contributed by atoms with van der Waals surface area (Å²) in [5.41, 5.74) is 0. The van der Waals surface area contributed by atoms with Crippen molar-refractivity contribution in [1.29, 1.82) is 0 Å². The van der Waals surface area contributed by atoms with Crippen molar-refractivity contribution in [1.82, 2.24) is 5.32 Å². The minimum Gasteiger partial charge on any atom is -0.379 e. The summed E-state index contributed by atoms with van der Waals surface area (Å²) in [4.78, 5) is 0. The van der Waals surface area contributed by atoms with Crippen molar-refractivity contribution >= 4 is 12.4 Å². The lowest BCUT2D eigenvalue weighted by Crippen LogP contribution is -2.30. The van der Waals surface area contributed by atoms with E-state index >= 15 is 0 Å². The Morgan fingerprint density at radius 3 is 2.50 bits per heavy atom. The number of hydrogen-bond acceptors (Lipinski definition) is 3. The van der Waals surface area contributed by atoms with Gasteiger partial charge in [-0.1, -0.05) is 6.92 Å². The summed E-state index contributed by atoms with van der Waals surface area (Å²) in [6.07, 6.45) is 4.97. The molecule has 0 bridgehead atoms. The topological polar surface area (TPSA) is 30.5 Å². The van der Waals surface area contributed by atoms with E-state index in [1.165, 1.54) is 32.4 Å². The SMILES string of the molecule is CCCOCCOCCC1CCCNC1.Cl. The van der Waals surface area contributed by atoms with Gasteiger partial charge in [0.25, 0.3) is 0 Å². The summed E-state index contributed by atoms with van der Waals surface area (Å²) in [7, 11) is 0. The largest absolute Gasteiger partial charge is 0.379 e. The first-order valence-electron chi connectivity index (χ1n) is 6.29. The zero-order valence-corrected chi connectivity index (χ0v) is 11.2. The van der Waals surface area contributed by atoms with Crippen LogP contribution in [-0.2, 0) is 9.47 Å². The van der Waals surface area contributed by atoms with Crippen LogP contribution in [0, 0.1) is 5.92 Å². The molecule has 3 nitrogen and oxygen atoms in total. The fraction of sp³-hybridized carbons (Fsp3) is 1.00. The van der Waals surface area contributed by atoms with Crippen LogP contribution in [0.25, 0.3) is 0 Å². The maximum atomic E-state index is 5.53. The number of hydrogen-bond donors (Lipinski definition) is 1. The van der Waals surface area contributed by atoms with Gasteiger partial charge < -0.3 is 14.8 Å². The first-order chi connectivity index (χ1) is 7.43. The van der Waals surface area contributed by atoms with Gasteiger partial charge in [-0.2, -0.15) is 0 Å². The summed E-state index contributed by atoms with van der Waals surface area (Å²) in [5.74, 6) is 0.829. The Balaban J connectivity index is 0.00000225. The molecule has 16 heavy (non-hydrogen) atoms. The molecule has 1 fully saturated rings. The quantitative estimate of drug-likeness (QED) is 0.672. The highest BCUT2D eigenvalue weighted by Gasteiger charge is 2.11. The van der Waals surface area contributed by atoms with E-state index in [2.05, 4.69) is 12.2 Å². The van der Waals surface area contributed by atoms with E-state index in [9.17, 15) is 0 Å². The molecule has 0 saturated carbocycles. The Morgan fingerprint density at radius 2 is 1.88 bits per heavy atom. The third-order valence-electron chi connectivity index (χ3n) is 2.79. The highest BCUT2D eigenvalue weighted by atomic mass is 35.5. The third-order valence-corrected chi connectivity index (χ3v) is 2.79. The van der Waals surface area contributed by atoms with E-state index in [0.29, 0.717) is 0 Å². The van der Waals surface area contributed by atoms with Crippen LogP contribution in [-0.4, -0.2) is 39.5 Å². The number of halogens is 1. The molecule has 1 unspecified atom stereocenters. The number of ether oxygens (including phenoxy) is 2. The van der Waals surface area contributed by atoms with Gasteiger partial charge in [0, 0.05) is 13.2 Å². The van der Waals surface area contributed by atoms with E-state index < -0.39 is 0 Å². The molecule has 1 N–H and O–H groups in total. The molecular weight excluding hydrogens is 226 g/mol. The molecule has 0 aromatic carbocycles. The molecule has 1 saturated heterocycles. The molecule has 0 radical (unpaired) electrons.